The van der Waals surface area contributed by atoms with Gasteiger partial charge in [0.2, 0.25) is 11.8 Å². The summed E-state index contributed by atoms with van der Waals surface area (Å²) in [5.74, 6) is -0.369. The normalized spacial score (nSPS) is 26.9. The van der Waals surface area contributed by atoms with Crippen LogP contribution in [0.2, 0.25) is 0 Å². The van der Waals surface area contributed by atoms with Crippen molar-refractivity contribution < 1.29 is 19.1 Å². The Hall–Kier alpha value is -2.73. The van der Waals surface area contributed by atoms with Crippen molar-refractivity contribution in [2.24, 2.45) is 23.7 Å². The number of nitrogens with zero attached hydrogens (tertiary/aromatic N) is 1. The number of para-hydroxylation sites is 2. The summed E-state index contributed by atoms with van der Waals surface area (Å²) in [4.78, 5) is 39.9. The molecule has 6 heteroatoms. The molecule has 4 unspecified atom stereocenters. The molecule has 0 N–H and O–H groups in total. The van der Waals surface area contributed by atoms with Crippen molar-refractivity contribution in [3.8, 4) is 5.75 Å². The third kappa shape index (κ3) is 2.94. The Kier molecular flexibility index (Phi) is 4.39. The molecule has 1 saturated heterocycles. The highest BCUT2D eigenvalue weighted by atomic mass is 79.9. The number of ether oxygens (including phenoxy) is 1. The van der Waals surface area contributed by atoms with Crippen molar-refractivity contribution in [1.82, 2.24) is 0 Å². The number of anilines is 1. The molecule has 1 aliphatic heterocycles. The van der Waals surface area contributed by atoms with Gasteiger partial charge in [-0.3, -0.25) is 14.4 Å². The minimum atomic E-state index is -0.269. The highest BCUT2D eigenvalue weighted by Crippen LogP contribution is 2.53. The maximum atomic E-state index is 13.1. The molecule has 2 aromatic rings. The van der Waals surface area contributed by atoms with Gasteiger partial charge in [-0.25, -0.2) is 4.90 Å². The molecule has 2 aromatic carbocycles. The van der Waals surface area contributed by atoms with Crippen LogP contribution in [0.15, 0.2) is 65.2 Å². The van der Waals surface area contributed by atoms with Crippen LogP contribution in [0.5, 0.6) is 5.75 Å². The first-order valence-corrected chi connectivity index (χ1v) is 10.4. The molecular weight excluding hydrogens is 434 g/mol. The second kappa shape index (κ2) is 6.95. The molecule has 1 saturated carbocycles. The van der Waals surface area contributed by atoms with Gasteiger partial charge in [0, 0.05) is 10.0 Å². The molecule has 4 atom stereocenters. The van der Waals surface area contributed by atoms with Gasteiger partial charge in [0.1, 0.15) is 5.75 Å². The Balaban J connectivity index is 1.38. The maximum absolute atomic E-state index is 13.1. The van der Waals surface area contributed by atoms with Crippen molar-refractivity contribution in [3.63, 3.8) is 0 Å². The third-order valence-electron chi connectivity index (χ3n) is 6.10. The summed E-state index contributed by atoms with van der Waals surface area (Å²) in [7, 11) is 0. The highest BCUT2D eigenvalue weighted by Gasteiger charge is 2.59. The quantitative estimate of drug-likeness (QED) is 0.391. The summed E-state index contributed by atoms with van der Waals surface area (Å²) < 4.78 is 6.65. The second-order valence-corrected chi connectivity index (χ2v) is 8.61. The standard InChI is InChI=1S/C23H18BrNO4/c24-16-9-7-13(8-10-16)18(26)12-29-19-4-2-1-3-17(19)25-22(27)20-14-5-6-15(11-14)21(20)23(25)28/h1-10,14-15,20-21H,11-12H2. The number of benzene rings is 2. The Morgan fingerprint density at radius 1 is 0.966 bits per heavy atom. The minimum absolute atomic E-state index is 0.151. The summed E-state index contributed by atoms with van der Waals surface area (Å²) in [6.07, 6.45) is 5.03. The Morgan fingerprint density at radius 2 is 1.59 bits per heavy atom. The van der Waals surface area contributed by atoms with Gasteiger partial charge in [0.25, 0.3) is 0 Å². The predicted octanol–water partition coefficient (Wildman–Crippen LogP) is 4.02. The van der Waals surface area contributed by atoms with E-state index in [0.29, 0.717) is 17.0 Å². The number of allylic oxidation sites excluding steroid dienone is 2. The molecule has 1 heterocycles. The summed E-state index contributed by atoms with van der Waals surface area (Å²) in [5, 5.41) is 0. The number of hydrogen-bond donors (Lipinski definition) is 0. The van der Waals surface area contributed by atoms with Gasteiger partial charge in [-0.1, -0.05) is 52.3 Å². The van der Waals surface area contributed by atoms with Gasteiger partial charge < -0.3 is 4.74 Å². The van der Waals surface area contributed by atoms with E-state index >= 15 is 0 Å². The zero-order valence-electron chi connectivity index (χ0n) is 15.5. The molecular formula is C23H18BrNO4. The molecule has 0 aromatic heterocycles. The molecule has 0 radical (unpaired) electrons. The van der Waals surface area contributed by atoms with Gasteiger partial charge >= 0.3 is 0 Å². The van der Waals surface area contributed by atoms with Gasteiger partial charge in [-0.05, 0) is 42.5 Å². The first-order valence-electron chi connectivity index (χ1n) is 9.61. The summed E-state index contributed by atoms with van der Waals surface area (Å²) in [6.45, 7) is -0.172. The first kappa shape index (κ1) is 18.3. The van der Waals surface area contributed by atoms with Gasteiger partial charge in [-0.15, -0.1) is 0 Å². The molecule has 5 nitrogen and oxygen atoms in total. The van der Waals surface area contributed by atoms with E-state index in [1.165, 1.54) is 4.90 Å². The monoisotopic (exact) mass is 451 g/mol. The number of hydrogen-bond acceptors (Lipinski definition) is 4. The summed E-state index contributed by atoms with van der Waals surface area (Å²) in [5.41, 5.74) is 0.955. The van der Waals surface area contributed by atoms with E-state index in [1.54, 1.807) is 48.5 Å². The van der Waals surface area contributed by atoms with Gasteiger partial charge in [0.05, 0.1) is 17.5 Å². The lowest BCUT2D eigenvalue weighted by molar-refractivity contribution is -0.123. The molecule has 146 valence electrons. The van der Waals surface area contributed by atoms with E-state index in [-0.39, 0.29) is 47.9 Å². The Morgan fingerprint density at radius 3 is 2.24 bits per heavy atom. The van der Waals surface area contributed by atoms with Crippen LogP contribution < -0.4 is 9.64 Å². The van der Waals surface area contributed by atoms with Crippen molar-refractivity contribution in [3.05, 3.63) is 70.7 Å². The molecule has 2 amide bonds. The molecule has 0 spiro atoms. The topological polar surface area (TPSA) is 63.7 Å². The van der Waals surface area contributed by atoms with E-state index in [2.05, 4.69) is 28.1 Å². The predicted molar refractivity (Wildman–Crippen MR) is 111 cm³/mol. The number of amides is 2. The van der Waals surface area contributed by atoms with E-state index in [4.69, 9.17) is 4.74 Å². The zero-order chi connectivity index (χ0) is 20.1. The fourth-order valence-electron chi connectivity index (χ4n) is 4.77. The summed E-state index contributed by atoms with van der Waals surface area (Å²) in [6, 6.07) is 13.9. The lowest BCUT2D eigenvalue weighted by Crippen LogP contribution is -2.33. The molecule has 29 heavy (non-hydrogen) atoms. The van der Waals surface area contributed by atoms with Gasteiger partial charge in [0.15, 0.2) is 12.4 Å². The highest BCUT2D eigenvalue weighted by molar-refractivity contribution is 9.10. The van der Waals surface area contributed by atoms with Crippen molar-refractivity contribution in [1.29, 1.82) is 0 Å². The van der Waals surface area contributed by atoms with Crippen LogP contribution >= 0.6 is 15.9 Å². The van der Waals surface area contributed by atoms with Crippen LogP contribution in [0.4, 0.5) is 5.69 Å². The fraction of sp³-hybridized carbons (Fsp3) is 0.261. The van der Waals surface area contributed by atoms with Crippen molar-refractivity contribution >= 4 is 39.2 Å². The minimum Gasteiger partial charge on any atom is -0.483 e. The first-order chi connectivity index (χ1) is 14.0. The van der Waals surface area contributed by atoms with Crippen LogP contribution in [0.25, 0.3) is 0 Å². The average molecular weight is 452 g/mol. The number of ketones is 1. The van der Waals surface area contributed by atoms with E-state index in [0.717, 1.165) is 10.9 Å². The smallest absolute Gasteiger partial charge is 0.238 e. The lowest BCUT2D eigenvalue weighted by Gasteiger charge is -2.20. The number of fused-ring (bicyclic) bond motifs is 5. The number of Topliss-reactive ketones (excluding diaryl/α,β-unsaturated/α-hetero) is 1. The van der Waals surface area contributed by atoms with Crippen molar-refractivity contribution in [2.45, 2.75) is 6.42 Å². The lowest BCUT2D eigenvalue weighted by atomic mass is 9.85. The Labute approximate surface area is 176 Å². The van der Waals surface area contributed by atoms with Crippen molar-refractivity contribution in [2.75, 3.05) is 11.5 Å². The van der Waals surface area contributed by atoms with Crippen LogP contribution in [-0.4, -0.2) is 24.2 Å². The van der Waals surface area contributed by atoms with E-state index < -0.39 is 0 Å². The molecule has 5 rings (SSSR count). The van der Waals surface area contributed by atoms with E-state index in [9.17, 15) is 14.4 Å². The second-order valence-electron chi connectivity index (χ2n) is 7.70. The molecule has 2 fully saturated rings. The molecule has 2 bridgehead atoms. The molecule has 2 aliphatic carbocycles. The largest absolute Gasteiger partial charge is 0.483 e. The van der Waals surface area contributed by atoms with Crippen LogP contribution in [0.3, 0.4) is 0 Å². The fourth-order valence-corrected chi connectivity index (χ4v) is 5.03. The van der Waals surface area contributed by atoms with Crippen LogP contribution in [0.1, 0.15) is 16.8 Å². The molecule has 3 aliphatic rings. The maximum Gasteiger partial charge on any atom is 0.238 e. The Bertz CT molecular complexity index is 1020. The number of carbonyl (C=O) groups is 3. The number of carbonyl (C=O) groups excluding carboxylic acids is 3. The van der Waals surface area contributed by atoms with E-state index in [1.807, 2.05) is 0 Å². The van der Waals surface area contributed by atoms with Crippen LogP contribution in [-0.2, 0) is 9.59 Å². The third-order valence-corrected chi connectivity index (χ3v) is 6.63. The van der Waals surface area contributed by atoms with Gasteiger partial charge in [-0.2, -0.15) is 0 Å². The number of imide groups is 1. The van der Waals surface area contributed by atoms with Crippen LogP contribution in [0, 0.1) is 23.7 Å². The average Bonchev–Trinajstić information content (AvgIpc) is 3.41. The number of rotatable bonds is 5. The summed E-state index contributed by atoms with van der Waals surface area (Å²) >= 11 is 3.35. The zero-order valence-corrected chi connectivity index (χ0v) is 17.0. The SMILES string of the molecule is O=C(COc1ccccc1N1C(=O)C2C3C=CC(C3)C2C1=O)c1ccc(Br)cc1. The number of halogens is 1.